The molecule has 0 bridgehead atoms. The van der Waals surface area contributed by atoms with Gasteiger partial charge in [0.25, 0.3) is 0 Å². The molecule has 130 valence electrons. The van der Waals surface area contributed by atoms with Crippen molar-refractivity contribution in [3.8, 4) is 0 Å². The summed E-state index contributed by atoms with van der Waals surface area (Å²) in [5.74, 6) is 0.0566. The van der Waals surface area contributed by atoms with Gasteiger partial charge in [-0.05, 0) is 37.5 Å². The van der Waals surface area contributed by atoms with Crippen LogP contribution in [0, 0.1) is 5.92 Å². The van der Waals surface area contributed by atoms with Crippen LogP contribution in [0.1, 0.15) is 43.3 Å². The molecule has 8 heteroatoms. The number of amides is 1. The fraction of sp³-hybridized carbons (Fsp3) is 0.438. The molecule has 0 saturated carbocycles. The summed E-state index contributed by atoms with van der Waals surface area (Å²) in [6.45, 7) is 3.65. The van der Waals surface area contributed by atoms with Gasteiger partial charge in [0, 0.05) is 5.92 Å². The van der Waals surface area contributed by atoms with Crippen molar-refractivity contribution < 1.29 is 18.0 Å². The van der Waals surface area contributed by atoms with Gasteiger partial charge in [0.15, 0.2) is 0 Å². The zero-order valence-corrected chi connectivity index (χ0v) is 13.4. The minimum atomic E-state index is -4.35. The average Bonchev–Trinajstić information content (AvgIpc) is 3.06. The topological polar surface area (TPSA) is 70.7 Å². The summed E-state index contributed by atoms with van der Waals surface area (Å²) < 4.78 is 37.7. The lowest BCUT2D eigenvalue weighted by Crippen LogP contribution is -2.34. The Bertz CT molecular complexity index is 653. The Kier molecular flexibility index (Phi) is 5.58. The molecule has 5 nitrogen and oxygen atoms in total. The first kappa shape index (κ1) is 18.0. The van der Waals surface area contributed by atoms with E-state index in [9.17, 15) is 18.0 Å². The maximum atomic E-state index is 12.6. The van der Waals surface area contributed by atoms with Gasteiger partial charge in [0.1, 0.15) is 12.2 Å². The fourth-order valence-electron chi connectivity index (χ4n) is 2.36. The van der Waals surface area contributed by atoms with Crippen LogP contribution >= 0.6 is 0 Å². The van der Waals surface area contributed by atoms with Crippen molar-refractivity contribution in [2.75, 3.05) is 0 Å². The molecule has 2 rings (SSSR count). The Morgan fingerprint density at radius 3 is 2.46 bits per heavy atom. The Hall–Kier alpha value is -2.38. The summed E-state index contributed by atoms with van der Waals surface area (Å²) in [6, 6.07) is 4.59. The molecular formula is C16H19F3N4O. The molecule has 1 aromatic heterocycles. The Balaban J connectivity index is 1.99. The molecule has 2 aromatic rings. The lowest BCUT2D eigenvalue weighted by Gasteiger charge is -2.18. The summed E-state index contributed by atoms with van der Waals surface area (Å²) in [5.41, 5.74) is 0.00000918. The highest BCUT2D eigenvalue weighted by atomic mass is 19.4. The first-order valence-corrected chi connectivity index (χ1v) is 7.63. The van der Waals surface area contributed by atoms with Gasteiger partial charge in [0.2, 0.25) is 5.91 Å². The number of halogens is 3. The van der Waals surface area contributed by atoms with Crippen LogP contribution in [0.15, 0.2) is 30.6 Å². The largest absolute Gasteiger partial charge is 0.416 e. The van der Waals surface area contributed by atoms with Crippen LogP contribution in [0.2, 0.25) is 0 Å². The predicted molar refractivity (Wildman–Crippen MR) is 81.9 cm³/mol. The van der Waals surface area contributed by atoms with E-state index in [-0.39, 0.29) is 17.9 Å². The molecule has 0 unspecified atom stereocenters. The third-order valence-electron chi connectivity index (χ3n) is 3.83. The zero-order chi connectivity index (χ0) is 17.7. The van der Waals surface area contributed by atoms with Crippen LogP contribution in [-0.4, -0.2) is 21.1 Å². The number of rotatable bonds is 6. The zero-order valence-electron chi connectivity index (χ0n) is 13.4. The first-order valence-electron chi connectivity index (χ1n) is 7.63. The smallest absolute Gasteiger partial charge is 0.346 e. The Morgan fingerprint density at radius 2 is 1.96 bits per heavy atom. The molecule has 0 fully saturated rings. The third kappa shape index (κ3) is 4.56. The summed E-state index contributed by atoms with van der Waals surface area (Å²) in [7, 11) is 0. The molecular weight excluding hydrogens is 321 g/mol. The normalized spacial score (nSPS) is 14.2. The number of carbonyl (C=O) groups excluding carboxylic acids is 1. The monoisotopic (exact) mass is 340 g/mol. The van der Waals surface area contributed by atoms with Crippen molar-refractivity contribution >= 4 is 5.91 Å². The van der Waals surface area contributed by atoms with Gasteiger partial charge in [-0.25, -0.2) is 4.98 Å². The van der Waals surface area contributed by atoms with Crippen LogP contribution in [-0.2, 0) is 17.4 Å². The first-order chi connectivity index (χ1) is 11.3. The molecule has 2 N–H and O–H groups in total. The fourth-order valence-corrected chi connectivity index (χ4v) is 2.36. The molecule has 1 aromatic carbocycles. The van der Waals surface area contributed by atoms with E-state index in [4.69, 9.17) is 0 Å². The van der Waals surface area contributed by atoms with E-state index >= 15 is 0 Å². The molecule has 0 radical (unpaired) electrons. The van der Waals surface area contributed by atoms with Gasteiger partial charge in [-0.3, -0.25) is 9.89 Å². The standard InChI is InChI=1S/C16H19F3N4O/c1-3-12(15(24)22-10(2)14-20-9-21-23-14)8-11-4-6-13(7-5-11)16(17,18)19/h4-7,9-10,12H,3,8H2,1-2H3,(H,22,24)(H,20,21,23)/t10-,12+/m1/s1. The van der Waals surface area contributed by atoms with E-state index in [1.807, 2.05) is 6.92 Å². The second-order valence-corrected chi connectivity index (χ2v) is 5.60. The van der Waals surface area contributed by atoms with E-state index in [1.54, 1.807) is 6.92 Å². The van der Waals surface area contributed by atoms with Crippen LogP contribution in [0.25, 0.3) is 0 Å². The second kappa shape index (κ2) is 7.46. The Labute approximate surface area is 137 Å². The number of H-pyrrole nitrogens is 1. The third-order valence-corrected chi connectivity index (χ3v) is 3.83. The molecule has 0 aliphatic heterocycles. The van der Waals surface area contributed by atoms with E-state index in [1.165, 1.54) is 18.5 Å². The number of hydrogen-bond donors (Lipinski definition) is 2. The number of aromatic amines is 1. The molecule has 0 aliphatic rings. The van der Waals surface area contributed by atoms with Gasteiger partial charge in [-0.15, -0.1) is 0 Å². The molecule has 0 aliphatic carbocycles. The number of nitrogens with one attached hydrogen (secondary N) is 2. The number of hydrogen-bond acceptors (Lipinski definition) is 3. The summed E-state index contributed by atoms with van der Waals surface area (Å²) in [4.78, 5) is 16.3. The van der Waals surface area contributed by atoms with E-state index < -0.39 is 11.7 Å². The summed E-state index contributed by atoms with van der Waals surface area (Å²) >= 11 is 0. The number of aromatic nitrogens is 3. The van der Waals surface area contributed by atoms with Crippen molar-refractivity contribution in [2.45, 2.75) is 38.9 Å². The lowest BCUT2D eigenvalue weighted by atomic mass is 9.95. The second-order valence-electron chi connectivity index (χ2n) is 5.60. The molecule has 1 heterocycles. The maximum absolute atomic E-state index is 12.6. The molecule has 2 atom stereocenters. The van der Waals surface area contributed by atoms with Crippen molar-refractivity contribution in [3.63, 3.8) is 0 Å². The SMILES string of the molecule is CC[C@@H](Cc1ccc(C(F)(F)F)cc1)C(=O)N[C@H](C)c1ncn[nH]1. The minimum Gasteiger partial charge on any atom is -0.346 e. The van der Waals surface area contributed by atoms with Gasteiger partial charge >= 0.3 is 6.18 Å². The average molecular weight is 340 g/mol. The highest BCUT2D eigenvalue weighted by Crippen LogP contribution is 2.29. The lowest BCUT2D eigenvalue weighted by molar-refractivity contribution is -0.137. The van der Waals surface area contributed by atoms with Gasteiger partial charge < -0.3 is 5.32 Å². The number of benzene rings is 1. The molecule has 24 heavy (non-hydrogen) atoms. The quantitative estimate of drug-likeness (QED) is 0.848. The van der Waals surface area contributed by atoms with Gasteiger partial charge in [-0.1, -0.05) is 19.1 Å². The van der Waals surface area contributed by atoms with Crippen LogP contribution in [0.4, 0.5) is 13.2 Å². The van der Waals surface area contributed by atoms with E-state index in [2.05, 4.69) is 20.5 Å². The van der Waals surface area contributed by atoms with Gasteiger partial charge in [-0.2, -0.15) is 18.3 Å². The summed E-state index contributed by atoms with van der Waals surface area (Å²) in [5, 5.41) is 9.26. The van der Waals surface area contributed by atoms with Crippen LogP contribution in [0.3, 0.4) is 0 Å². The number of alkyl halides is 3. The predicted octanol–water partition coefficient (Wildman–Crippen LogP) is 3.27. The van der Waals surface area contributed by atoms with Crippen molar-refractivity contribution in [1.29, 1.82) is 0 Å². The van der Waals surface area contributed by atoms with Gasteiger partial charge in [0.05, 0.1) is 11.6 Å². The van der Waals surface area contributed by atoms with Crippen LogP contribution < -0.4 is 5.32 Å². The van der Waals surface area contributed by atoms with Crippen LogP contribution in [0.5, 0.6) is 0 Å². The number of nitrogens with zero attached hydrogens (tertiary/aromatic N) is 2. The number of carbonyl (C=O) groups is 1. The maximum Gasteiger partial charge on any atom is 0.416 e. The molecule has 1 amide bonds. The highest BCUT2D eigenvalue weighted by molar-refractivity contribution is 5.79. The van der Waals surface area contributed by atoms with E-state index in [0.29, 0.717) is 24.2 Å². The molecule has 0 spiro atoms. The Morgan fingerprint density at radius 1 is 1.29 bits per heavy atom. The van der Waals surface area contributed by atoms with Crippen molar-refractivity contribution in [1.82, 2.24) is 20.5 Å². The summed E-state index contributed by atoms with van der Waals surface area (Å²) in [6.07, 6.45) is -2.04. The minimum absolute atomic E-state index is 0.165. The molecule has 0 saturated heterocycles. The van der Waals surface area contributed by atoms with Crippen molar-refractivity contribution in [3.05, 3.63) is 47.5 Å². The van der Waals surface area contributed by atoms with Crippen molar-refractivity contribution in [2.24, 2.45) is 5.92 Å². The van der Waals surface area contributed by atoms with E-state index in [0.717, 1.165) is 12.1 Å². The highest BCUT2D eigenvalue weighted by Gasteiger charge is 2.30.